The summed E-state index contributed by atoms with van der Waals surface area (Å²) in [5.41, 5.74) is -1.87. The molecule has 0 aliphatic carbocycles. The maximum Gasteiger partial charge on any atom is 0.309 e. The molecule has 0 aromatic heterocycles. The minimum atomic E-state index is -1.43. The van der Waals surface area contributed by atoms with E-state index in [1.807, 2.05) is 20.8 Å². The van der Waals surface area contributed by atoms with Crippen LogP contribution < -0.4 is 0 Å². The van der Waals surface area contributed by atoms with Gasteiger partial charge in [-0.3, -0.25) is 9.59 Å². The van der Waals surface area contributed by atoms with Crippen molar-refractivity contribution in [1.82, 2.24) is 0 Å². The lowest BCUT2D eigenvalue weighted by Crippen LogP contribution is -2.42. The minimum absolute atomic E-state index is 0.00472. The molecule has 0 spiro atoms. The highest BCUT2D eigenvalue weighted by Crippen LogP contribution is 2.37. The van der Waals surface area contributed by atoms with Gasteiger partial charge in [-0.2, -0.15) is 0 Å². The second-order valence-corrected chi connectivity index (χ2v) is 11.7. The molecule has 1 fully saturated rings. The summed E-state index contributed by atoms with van der Waals surface area (Å²) in [4.78, 5) is 24.3. The van der Waals surface area contributed by atoms with Gasteiger partial charge < -0.3 is 34.6 Å². The Kier molecular flexibility index (Phi) is 11.9. The summed E-state index contributed by atoms with van der Waals surface area (Å²) >= 11 is 0. The smallest absolute Gasteiger partial charge is 0.309 e. The zero-order valence-electron chi connectivity index (χ0n) is 24.4. The molecule has 1 saturated heterocycles. The van der Waals surface area contributed by atoms with Crippen molar-refractivity contribution in [3.63, 3.8) is 0 Å². The molecule has 9 nitrogen and oxygen atoms in total. The summed E-state index contributed by atoms with van der Waals surface area (Å²) in [6.45, 7) is 12.0. The Hall–Kier alpha value is -2.04. The maximum absolute atomic E-state index is 12.6. The number of rotatable bonds is 9. The van der Waals surface area contributed by atoms with E-state index in [9.17, 15) is 30.0 Å². The molecule has 2 aliphatic rings. The molecule has 0 radical (unpaired) electrons. The fraction of sp³-hybridized carbons (Fsp3) is 0.733. The third kappa shape index (κ3) is 10.5. The molecule has 0 saturated carbocycles. The standard InChI is InChI=1S/C30H48O9/c1-8-23(33)20(4)28-24(38-28)17-29(6,35)14-9-10-18(2)27-19(3)11-12-25(37-21(5)31)30(7,36)15-13-22(32)16-26(34)39-27/h9-12,14,19-20,22-25,27-28,32-33,35-36H,8,13,15-17H2,1-7H3. The summed E-state index contributed by atoms with van der Waals surface area (Å²) in [6.07, 6.45) is 6.23. The van der Waals surface area contributed by atoms with Crippen LogP contribution in [-0.4, -0.2) is 80.2 Å². The van der Waals surface area contributed by atoms with Crippen molar-refractivity contribution < 1.29 is 44.2 Å². The number of ether oxygens (including phenoxy) is 3. The quantitative estimate of drug-likeness (QED) is 0.147. The van der Waals surface area contributed by atoms with Crippen molar-refractivity contribution in [2.24, 2.45) is 11.8 Å². The number of hydrogen-bond acceptors (Lipinski definition) is 9. The monoisotopic (exact) mass is 552 g/mol. The van der Waals surface area contributed by atoms with Gasteiger partial charge in [0, 0.05) is 25.2 Å². The summed E-state index contributed by atoms with van der Waals surface area (Å²) in [5, 5.41) is 42.2. The Morgan fingerprint density at radius 3 is 2.62 bits per heavy atom. The van der Waals surface area contributed by atoms with Gasteiger partial charge in [0.2, 0.25) is 0 Å². The van der Waals surface area contributed by atoms with Crippen molar-refractivity contribution in [2.45, 2.75) is 128 Å². The lowest BCUT2D eigenvalue weighted by Gasteiger charge is -2.32. The van der Waals surface area contributed by atoms with E-state index in [0.717, 1.165) is 0 Å². The van der Waals surface area contributed by atoms with E-state index in [1.54, 1.807) is 44.2 Å². The predicted molar refractivity (Wildman–Crippen MR) is 146 cm³/mol. The van der Waals surface area contributed by atoms with Gasteiger partial charge >= 0.3 is 11.9 Å². The van der Waals surface area contributed by atoms with E-state index in [0.29, 0.717) is 18.4 Å². The van der Waals surface area contributed by atoms with Gasteiger partial charge in [-0.05, 0) is 51.7 Å². The highest BCUT2D eigenvalue weighted by atomic mass is 16.6. The molecule has 9 heteroatoms. The molecule has 0 amide bonds. The van der Waals surface area contributed by atoms with E-state index in [1.165, 1.54) is 13.8 Å². The molecule has 4 N–H and O–H groups in total. The number of cyclic esters (lactones) is 1. The van der Waals surface area contributed by atoms with Crippen LogP contribution in [0.4, 0.5) is 0 Å². The fourth-order valence-corrected chi connectivity index (χ4v) is 4.98. The van der Waals surface area contributed by atoms with Crippen LogP contribution in [0.25, 0.3) is 0 Å². The molecule has 2 heterocycles. The summed E-state index contributed by atoms with van der Waals surface area (Å²) < 4.78 is 16.8. The van der Waals surface area contributed by atoms with Gasteiger partial charge in [0.25, 0.3) is 0 Å². The lowest BCUT2D eigenvalue weighted by molar-refractivity contribution is -0.157. The Labute approximate surface area is 232 Å². The molecule has 222 valence electrons. The molecule has 0 aromatic rings. The van der Waals surface area contributed by atoms with Gasteiger partial charge in [0.1, 0.15) is 17.8 Å². The first-order chi connectivity index (χ1) is 18.1. The summed E-state index contributed by atoms with van der Waals surface area (Å²) in [6, 6.07) is 0. The number of aliphatic hydroxyl groups excluding tert-OH is 2. The van der Waals surface area contributed by atoms with Crippen LogP contribution in [-0.2, 0) is 23.8 Å². The largest absolute Gasteiger partial charge is 0.457 e. The van der Waals surface area contributed by atoms with Crippen LogP contribution in [0.3, 0.4) is 0 Å². The van der Waals surface area contributed by atoms with E-state index < -0.39 is 47.6 Å². The lowest BCUT2D eigenvalue weighted by atomic mass is 9.88. The molecule has 39 heavy (non-hydrogen) atoms. The van der Waals surface area contributed by atoms with Gasteiger partial charge in [-0.25, -0.2) is 0 Å². The number of hydrogen-bond donors (Lipinski definition) is 4. The zero-order chi connectivity index (χ0) is 29.5. The third-order valence-corrected chi connectivity index (χ3v) is 7.66. The van der Waals surface area contributed by atoms with E-state index in [-0.39, 0.29) is 43.3 Å². The molecular formula is C30H48O9. The number of esters is 2. The number of carbonyl (C=O) groups is 2. The van der Waals surface area contributed by atoms with Crippen LogP contribution in [0.5, 0.6) is 0 Å². The number of allylic oxidation sites excluding steroid dienone is 2. The molecular weight excluding hydrogens is 504 g/mol. The molecule has 2 rings (SSSR count). The second kappa shape index (κ2) is 14.0. The van der Waals surface area contributed by atoms with Gasteiger partial charge in [-0.1, -0.05) is 45.1 Å². The first kappa shape index (κ1) is 33.2. The van der Waals surface area contributed by atoms with E-state index in [4.69, 9.17) is 14.2 Å². The van der Waals surface area contributed by atoms with Crippen LogP contribution in [0.2, 0.25) is 0 Å². The van der Waals surface area contributed by atoms with E-state index in [2.05, 4.69) is 0 Å². The highest BCUT2D eigenvalue weighted by molar-refractivity contribution is 5.70. The van der Waals surface area contributed by atoms with Crippen molar-refractivity contribution in [2.75, 3.05) is 0 Å². The second-order valence-electron chi connectivity index (χ2n) is 11.7. The predicted octanol–water partition coefficient (Wildman–Crippen LogP) is 3.14. The molecule has 2 aliphatic heterocycles. The fourth-order valence-electron chi connectivity index (χ4n) is 4.98. The van der Waals surface area contributed by atoms with Crippen LogP contribution >= 0.6 is 0 Å². The molecule has 10 unspecified atom stereocenters. The topological polar surface area (TPSA) is 146 Å². The average molecular weight is 553 g/mol. The van der Waals surface area contributed by atoms with Crippen LogP contribution in [0.1, 0.15) is 80.6 Å². The molecule has 10 atom stereocenters. The van der Waals surface area contributed by atoms with Crippen LogP contribution in [0, 0.1) is 11.8 Å². The van der Waals surface area contributed by atoms with Crippen molar-refractivity contribution in [3.05, 3.63) is 36.0 Å². The highest BCUT2D eigenvalue weighted by Gasteiger charge is 2.47. The van der Waals surface area contributed by atoms with Gasteiger partial charge in [0.15, 0.2) is 0 Å². The Bertz CT molecular complexity index is 919. The number of aliphatic hydroxyl groups is 4. The normalized spacial score (nSPS) is 35.8. The summed E-state index contributed by atoms with van der Waals surface area (Å²) in [7, 11) is 0. The van der Waals surface area contributed by atoms with Gasteiger partial charge in [0.05, 0.1) is 36.4 Å². The molecule has 0 bridgehead atoms. The number of carbonyl (C=O) groups excluding carboxylic acids is 2. The van der Waals surface area contributed by atoms with E-state index >= 15 is 0 Å². The Morgan fingerprint density at radius 1 is 1.33 bits per heavy atom. The van der Waals surface area contributed by atoms with Gasteiger partial charge in [-0.15, -0.1) is 0 Å². The number of epoxide rings is 1. The average Bonchev–Trinajstić information content (AvgIpc) is 3.59. The first-order valence-electron chi connectivity index (χ1n) is 13.9. The zero-order valence-corrected chi connectivity index (χ0v) is 24.4. The third-order valence-electron chi connectivity index (χ3n) is 7.66. The SMILES string of the molecule is CCC(O)C(C)C1OC1CC(C)(O)C=CC=C(C)C1OC(=O)CC(O)CCC(C)(O)C(OC(C)=O)C=CC1C. The first-order valence-corrected chi connectivity index (χ1v) is 13.9. The summed E-state index contributed by atoms with van der Waals surface area (Å²) in [5.74, 6) is -1.46. The molecule has 0 aromatic carbocycles. The van der Waals surface area contributed by atoms with Crippen molar-refractivity contribution in [3.8, 4) is 0 Å². The van der Waals surface area contributed by atoms with Crippen LogP contribution in [0.15, 0.2) is 36.0 Å². The van der Waals surface area contributed by atoms with Crippen molar-refractivity contribution >= 4 is 11.9 Å². The van der Waals surface area contributed by atoms with Crippen molar-refractivity contribution in [1.29, 1.82) is 0 Å². The maximum atomic E-state index is 12.6. The Balaban J connectivity index is 2.18. The Morgan fingerprint density at radius 2 is 2.00 bits per heavy atom. The minimum Gasteiger partial charge on any atom is -0.457 e.